The molecule has 162 valence electrons. The summed E-state index contributed by atoms with van der Waals surface area (Å²) in [5.41, 5.74) is 3.32. The van der Waals surface area contributed by atoms with E-state index in [1.165, 1.54) is 29.1 Å². The number of halogens is 1. The van der Waals surface area contributed by atoms with E-state index in [-0.39, 0.29) is 17.9 Å². The Morgan fingerprint density at radius 2 is 1.88 bits per heavy atom. The zero-order chi connectivity index (χ0) is 22.8. The fourth-order valence-corrected chi connectivity index (χ4v) is 3.59. The highest BCUT2D eigenvalue weighted by Crippen LogP contribution is 2.31. The number of nitrogens with zero attached hydrogens (tertiary/aromatic N) is 2. The molecule has 1 aromatic heterocycles. The summed E-state index contributed by atoms with van der Waals surface area (Å²) in [5, 5.41) is 9.61. The Morgan fingerprint density at radius 3 is 2.59 bits per heavy atom. The lowest BCUT2D eigenvalue weighted by Gasteiger charge is -2.24. The van der Waals surface area contributed by atoms with Crippen LogP contribution in [0, 0.1) is 19.7 Å². The average Bonchev–Trinajstić information content (AvgIpc) is 2.76. The first-order chi connectivity index (χ1) is 15.3. The lowest BCUT2D eigenvalue weighted by Crippen LogP contribution is -2.32. The van der Waals surface area contributed by atoms with Crippen LogP contribution >= 0.6 is 0 Å². The lowest BCUT2D eigenvalue weighted by atomic mass is 9.86. The van der Waals surface area contributed by atoms with Gasteiger partial charge in [0.15, 0.2) is 0 Å². The van der Waals surface area contributed by atoms with Gasteiger partial charge in [-0.2, -0.15) is 9.78 Å². The largest absolute Gasteiger partial charge is 0.332 e. The molecular weight excluding hydrogens is 411 g/mol. The minimum absolute atomic E-state index is 0.0760. The molecule has 2 amide bonds. The highest BCUT2D eigenvalue weighted by Gasteiger charge is 2.29. The van der Waals surface area contributed by atoms with Gasteiger partial charge in [-0.3, -0.25) is 14.4 Å². The Balaban J connectivity index is 1.64. The van der Waals surface area contributed by atoms with Gasteiger partial charge in [-0.25, -0.2) is 4.39 Å². The Labute approximate surface area is 183 Å². The molecule has 4 rings (SSSR count). The number of nitrogens with one attached hydrogen (secondary N) is 2. The van der Waals surface area contributed by atoms with Crippen LogP contribution in [0.25, 0.3) is 5.69 Å². The number of hydrogen-bond acceptors (Lipinski definition) is 4. The van der Waals surface area contributed by atoms with Crippen molar-refractivity contribution >= 4 is 17.5 Å². The third kappa shape index (κ3) is 4.34. The van der Waals surface area contributed by atoms with Gasteiger partial charge >= 0.3 is 0 Å². The summed E-state index contributed by atoms with van der Waals surface area (Å²) in [7, 11) is 0. The maximum Gasteiger partial charge on any atom is 0.271 e. The number of amides is 2. The first-order valence-corrected chi connectivity index (χ1v) is 10.0. The lowest BCUT2D eigenvalue weighted by molar-refractivity contribution is -0.121. The van der Waals surface area contributed by atoms with Gasteiger partial charge < -0.3 is 10.6 Å². The standard InChI is InChI=1S/C24H21FN4O3/c1-14-9-23(31)29(27-12-14)18-8-3-15(2)21(10-18)28-24(32)20-13-26-22(30)11-19(20)16-4-6-17(25)7-5-16/h3-10,12-13,19H,11H2,1-2H3,(H,26,30)(H,28,32). The topological polar surface area (TPSA) is 93.1 Å². The Bertz CT molecular complexity index is 1300. The van der Waals surface area contributed by atoms with Crippen LogP contribution in [0.2, 0.25) is 0 Å². The third-order valence-corrected chi connectivity index (χ3v) is 5.34. The molecule has 8 heteroatoms. The van der Waals surface area contributed by atoms with E-state index in [4.69, 9.17) is 0 Å². The van der Waals surface area contributed by atoms with Gasteiger partial charge in [0, 0.05) is 35.9 Å². The first-order valence-electron chi connectivity index (χ1n) is 10.0. The molecule has 2 heterocycles. The first kappa shape index (κ1) is 21.2. The molecule has 1 aliphatic heterocycles. The molecule has 2 aromatic carbocycles. The van der Waals surface area contributed by atoms with Gasteiger partial charge in [-0.15, -0.1) is 0 Å². The highest BCUT2D eigenvalue weighted by molar-refractivity contribution is 6.06. The SMILES string of the molecule is Cc1cnn(-c2ccc(C)c(NC(=O)C3=CNC(=O)CC3c3ccc(F)cc3)c2)c(=O)c1. The molecule has 0 radical (unpaired) electrons. The molecule has 0 spiro atoms. The van der Waals surface area contributed by atoms with Gasteiger partial charge in [0.2, 0.25) is 5.91 Å². The minimum atomic E-state index is -0.505. The van der Waals surface area contributed by atoms with Crippen molar-refractivity contribution in [1.82, 2.24) is 15.1 Å². The van der Waals surface area contributed by atoms with Crippen molar-refractivity contribution in [1.29, 1.82) is 0 Å². The van der Waals surface area contributed by atoms with Crippen LogP contribution < -0.4 is 16.2 Å². The van der Waals surface area contributed by atoms with Crippen molar-refractivity contribution in [2.24, 2.45) is 0 Å². The molecule has 0 fully saturated rings. The van der Waals surface area contributed by atoms with Crippen LogP contribution in [0.1, 0.15) is 29.0 Å². The predicted molar refractivity (Wildman–Crippen MR) is 118 cm³/mol. The molecule has 0 bridgehead atoms. The molecule has 0 saturated carbocycles. The summed E-state index contributed by atoms with van der Waals surface area (Å²) < 4.78 is 14.6. The van der Waals surface area contributed by atoms with Crippen molar-refractivity contribution < 1.29 is 14.0 Å². The molecule has 32 heavy (non-hydrogen) atoms. The normalized spacial score (nSPS) is 15.7. The van der Waals surface area contributed by atoms with E-state index < -0.39 is 17.6 Å². The summed E-state index contributed by atoms with van der Waals surface area (Å²) in [5.74, 6) is -1.52. The van der Waals surface area contributed by atoms with Gasteiger partial charge in [-0.05, 0) is 54.8 Å². The van der Waals surface area contributed by atoms with Crippen molar-refractivity contribution in [3.05, 3.63) is 99.4 Å². The van der Waals surface area contributed by atoms with Crippen molar-refractivity contribution in [2.45, 2.75) is 26.2 Å². The molecule has 7 nitrogen and oxygen atoms in total. The Hall–Kier alpha value is -4.07. The predicted octanol–water partition coefficient (Wildman–Crippen LogP) is 3.11. The summed E-state index contributed by atoms with van der Waals surface area (Å²) >= 11 is 0. The van der Waals surface area contributed by atoms with E-state index in [1.54, 1.807) is 43.5 Å². The number of aromatic nitrogens is 2. The van der Waals surface area contributed by atoms with Crippen molar-refractivity contribution in [3.8, 4) is 5.69 Å². The van der Waals surface area contributed by atoms with E-state index in [0.29, 0.717) is 22.5 Å². The molecular formula is C24H21FN4O3. The zero-order valence-corrected chi connectivity index (χ0v) is 17.6. The molecule has 1 unspecified atom stereocenters. The third-order valence-electron chi connectivity index (χ3n) is 5.34. The molecule has 2 N–H and O–H groups in total. The average molecular weight is 432 g/mol. The second kappa shape index (κ2) is 8.58. The van der Waals surface area contributed by atoms with Crippen LogP contribution in [-0.2, 0) is 9.59 Å². The second-order valence-electron chi connectivity index (χ2n) is 7.71. The van der Waals surface area contributed by atoms with Crippen LogP contribution in [0.3, 0.4) is 0 Å². The van der Waals surface area contributed by atoms with E-state index in [1.807, 2.05) is 6.92 Å². The smallest absolute Gasteiger partial charge is 0.271 e. The zero-order valence-electron chi connectivity index (χ0n) is 17.6. The van der Waals surface area contributed by atoms with Gasteiger partial charge in [0.1, 0.15) is 5.82 Å². The van der Waals surface area contributed by atoms with Crippen LogP contribution in [0.15, 0.2) is 71.3 Å². The molecule has 1 aliphatic rings. The maximum atomic E-state index is 13.3. The summed E-state index contributed by atoms with van der Waals surface area (Å²) in [6.07, 6.45) is 3.05. The molecule has 0 saturated heterocycles. The van der Waals surface area contributed by atoms with Crippen LogP contribution in [0.5, 0.6) is 0 Å². The fraction of sp³-hybridized carbons (Fsp3) is 0.167. The number of carbonyl (C=O) groups is 2. The Morgan fingerprint density at radius 1 is 1.12 bits per heavy atom. The van der Waals surface area contributed by atoms with E-state index >= 15 is 0 Å². The summed E-state index contributed by atoms with van der Waals surface area (Å²) in [6.45, 7) is 3.62. The quantitative estimate of drug-likeness (QED) is 0.663. The molecule has 1 atom stereocenters. The summed E-state index contributed by atoms with van der Waals surface area (Å²) in [4.78, 5) is 37.4. The number of aryl methyl sites for hydroxylation is 2. The van der Waals surface area contributed by atoms with E-state index in [2.05, 4.69) is 15.7 Å². The Kier molecular flexibility index (Phi) is 5.68. The number of carbonyl (C=O) groups excluding carboxylic acids is 2. The van der Waals surface area contributed by atoms with E-state index in [9.17, 15) is 18.8 Å². The number of hydrogen-bond donors (Lipinski definition) is 2. The van der Waals surface area contributed by atoms with Crippen LogP contribution in [0.4, 0.5) is 10.1 Å². The number of anilines is 1. The highest BCUT2D eigenvalue weighted by atomic mass is 19.1. The molecule has 0 aliphatic carbocycles. The number of rotatable bonds is 4. The van der Waals surface area contributed by atoms with Gasteiger partial charge in [-0.1, -0.05) is 18.2 Å². The fourth-order valence-electron chi connectivity index (χ4n) is 3.59. The van der Waals surface area contributed by atoms with Crippen molar-refractivity contribution in [3.63, 3.8) is 0 Å². The number of benzene rings is 2. The van der Waals surface area contributed by atoms with Crippen LogP contribution in [-0.4, -0.2) is 21.6 Å². The minimum Gasteiger partial charge on any atom is -0.332 e. The molecule has 3 aromatic rings. The van der Waals surface area contributed by atoms with Gasteiger partial charge in [0.25, 0.3) is 11.5 Å². The maximum absolute atomic E-state index is 13.3. The summed E-state index contributed by atoms with van der Waals surface area (Å²) in [6, 6.07) is 12.4. The van der Waals surface area contributed by atoms with Crippen molar-refractivity contribution in [2.75, 3.05) is 5.32 Å². The van der Waals surface area contributed by atoms with Gasteiger partial charge in [0.05, 0.1) is 11.9 Å². The second-order valence-corrected chi connectivity index (χ2v) is 7.71. The van der Waals surface area contributed by atoms with E-state index in [0.717, 1.165) is 11.1 Å². The monoisotopic (exact) mass is 432 g/mol.